The van der Waals surface area contributed by atoms with Gasteiger partial charge in [0.15, 0.2) is 6.29 Å². The molecular weight excluding hydrogens is 164 g/mol. The fourth-order valence-corrected chi connectivity index (χ4v) is 1.79. The van der Waals surface area contributed by atoms with Crippen LogP contribution in [0, 0.1) is 0 Å². The van der Waals surface area contributed by atoms with E-state index in [0.29, 0.717) is 13.0 Å². The third-order valence-corrected chi connectivity index (χ3v) is 2.59. The predicted octanol–water partition coefficient (Wildman–Crippen LogP) is -1.78. The molecule has 70 valence electrons. The van der Waals surface area contributed by atoms with Crippen LogP contribution in [0.15, 0.2) is 0 Å². The van der Waals surface area contributed by atoms with E-state index in [2.05, 4.69) is 0 Å². The van der Waals surface area contributed by atoms with Gasteiger partial charge in [-0.05, 0) is 0 Å². The van der Waals surface area contributed by atoms with Crippen molar-refractivity contribution < 1.29 is 24.8 Å². The van der Waals surface area contributed by atoms with Crippen molar-refractivity contribution in [2.75, 3.05) is 13.2 Å². The van der Waals surface area contributed by atoms with Gasteiger partial charge in [-0.2, -0.15) is 0 Å². The second kappa shape index (κ2) is 2.65. The normalized spacial score (nSPS) is 52.8. The van der Waals surface area contributed by atoms with Crippen LogP contribution in [0.3, 0.4) is 0 Å². The van der Waals surface area contributed by atoms with Crippen LogP contribution >= 0.6 is 0 Å². The highest BCUT2D eigenvalue weighted by atomic mass is 16.7. The van der Waals surface area contributed by atoms with Gasteiger partial charge in [0.2, 0.25) is 0 Å². The number of ether oxygens (including phenoxy) is 2. The van der Waals surface area contributed by atoms with Crippen molar-refractivity contribution in [3.8, 4) is 0 Å². The molecule has 2 rings (SSSR count). The Morgan fingerprint density at radius 3 is 2.75 bits per heavy atom. The van der Waals surface area contributed by atoms with E-state index >= 15 is 0 Å². The average molecular weight is 176 g/mol. The molecule has 2 aliphatic rings. The van der Waals surface area contributed by atoms with Crippen LogP contribution in [0.25, 0.3) is 0 Å². The van der Waals surface area contributed by atoms with Crippen molar-refractivity contribution in [2.45, 2.75) is 30.5 Å². The maximum Gasteiger partial charge on any atom is 0.184 e. The molecule has 12 heavy (non-hydrogen) atoms. The highest BCUT2D eigenvalue weighted by molar-refractivity contribution is 5.02. The van der Waals surface area contributed by atoms with Crippen LogP contribution in [0.4, 0.5) is 0 Å². The fraction of sp³-hybridized carbons (Fsp3) is 1.00. The summed E-state index contributed by atoms with van der Waals surface area (Å²) in [5.41, 5.74) is -0.998. The van der Waals surface area contributed by atoms with Gasteiger partial charge in [0.25, 0.3) is 0 Å². The average Bonchev–Trinajstić information content (AvgIpc) is 2.23. The highest BCUT2D eigenvalue weighted by Gasteiger charge is 2.57. The van der Waals surface area contributed by atoms with Crippen molar-refractivity contribution in [1.29, 1.82) is 0 Å². The monoisotopic (exact) mass is 176 g/mol. The minimum atomic E-state index is -1.12. The van der Waals surface area contributed by atoms with Gasteiger partial charge in [-0.15, -0.1) is 0 Å². The zero-order valence-corrected chi connectivity index (χ0v) is 6.51. The molecule has 0 amide bonds. The molecule has 2 saturated heterocycles. The van der Waals surface area contributed by atoms with Crippen LogP contribution in [-0.2, 0) is 9.47 Å². The van der Waals surface area contributed by atoms with Gasteiger partial charge in [0.05, 0.1) is 13.2 Å². The summed E-state index contributed by atoms with van der Waals surface area (Å²) < 4.78 is 10.1. The van der Waals surface area contributed by atoms with Crippen molar-refractivity contribution in [1.82, 2.24) is 0 Å². The zero-order valence-electron chi connectivity index (χ0n) is 6.51. The van der Waals surface area contributed by atoms with Crippen LogP contribution in [0.1, 0.15) is 6.42 Å². The summed E-state index contributed by atoms with van der Waals surface area (Å²) >= 11 is 0. The first kappa shape index (κ1) is 8.40. The van der Waals surface area contributed by atoms with Crippen LogP contribution in [-0.4, -0.2) is 52.6 Å². The lowest BCUT2D eigenvalue weighted by molar-refractivity contribution is -0.166. The summed E-state index contributed by atoms with van der Waals surface area (Å²) in [6.45, 7) is 0.116. The first-order valence-corrected chi connectivity index (χ1v) is 3.96. The van der Waals surface area contributed by atoms with E-state index in [9.17, 15) is 10.2 Å². The standard InChI is InChI=1S/C7H12O5/c8-3-7-1-2-11-4(5(7)9)6(10)12-7/h4-6,8-10H,1-3H2/t4?,5?,6-,7-/m1/s1. The van der Waals surface area contributed by atoms with Gasteiger partial charge >= 0.3 is 0 Å². The van der Waals surface area contributed by atoms with Gasteiger partial charge in [-0.25, -0.2) is 0 Å². The Bertz CT molecular complexity index is 185. The van der Waals surface area contributed by atoms with Gasteiger partial charge in [-0.1, -0.05) is 0 Å². The topological polar surface area (TPSA) is 79.2 Å². The summed E-state index contributed by atoms with van der Waals surface area (Å²) in [6.07, 6.45) is -2.33. The molecule has 2 bridgehead atoms. The van der Waals surface area contributed by atoms with E-state index in [0.717, 1.165) is 0 Å². The lowest BCUT2D eigenvalue weighted by Gasteiger charge is -2.33. The number of hydrogen-bond donors (Lipinski definition) is 3. The third-order valence-electron chi connectivity index (χ3n) is 2.59. The molecule has 2 fully saturated rings. The van der Waals surface area contributed by atoms with Crippen LogP contribution in [0.2, 0.25) is 0 Å². The molecule has 0 saturated carbocycles. The number of hydrogen-bond acceptors (Lipinski definition) is 5. The summed E-state index contributed by atoms with van der Waals surface area (Å²) in [7, 11) is 0. The maximum atomic E-state index is 9.56. The van der Waals surface area contributed by atoms with E-state index in [-0.39, 0.29) is 6.61 Å². The molecule has 5 nitrogen and oxygen atoms in total. The molecule has 2 aliphatic heterocycles. The van der Waals surface area contributed by atoms with E-state index in [4.69, 9.17) is 14.6 Å². The van der Waals surface area contributed by atoms with E-state index in [1.807, 2.05) is 0 Å². The van der Waals surface area contributed by atoms with Crippen molar-refractivity contribution in [3.63, 3.8) is 0 Å². The Kier molecular flexibility index (Phi) is 1.85. The molecule has 3 N–H and O–H groups in total. The summed E-state index contributed by atoms with van der Waals surface area (Å²) in [5, 5.41) is 27.8. The Morgan fingerprint density at radius 2 is 2.17 bits per heavy atom. The molecule has 0 radical (unpaired) electrons. The number of aliphatic hydroxyl groups is 3. The Labute approximate surface area is 69.5 Å². The Balaban J connectivity index is 2.24. The van der Waals surface area contributed by atoms with Gasteiger partial charge < -0.3 is 24.8 Å². The first-order chi connectivity index (χ1) is 5.69. The highest BCUT2D eigenvalue weighted by Crippen LogP contribution is 2.38. The molecule has 2 heterocycles. The van der Waals surface area contributed by atoms with Crippen LogP contribution in [0.5, 0.6) is 0 Å². The summed E-state index contributed by atoms with van der Waals surface area (Å²) in [5.74, 6) is 0. The maximum absolute atomic E-state index is 9.56. The lowest BCUT2D eigenvalue weighted by atomic mass is 9.91. The smallest absolute Gasteiger partial charge is 0.184 e. The minimum absolute atomic E-state index is 0.287. The quantitative estimate of drug-likeness (QED) is 0.440. The van der Waals surface area contributed by atoms with E-state index < -0.39 is 24.1 Å². The van der Waals surface area contributed by atoms with Gasteiger partial charge in [-0.3, -0.25) is 0 Å². The van der Waals surface area contributed by atoms with Gasteiger partial charge in [0, 0.05) is 6.42 Å². The minimum Gasteiger partial charge on any atom is -0.393 e. The van der Waals surface area contributed by atoms with Gasteiger partial charge in [0.1, 0.15) is 17.8 Å². The molecule has 0 aliphatic carbocycles. The zero-order chi connectivity index (χ0) is 8.77. The third kappa shape index (κ3) is 0.915. The van der Waals surface area contributed by atoms with E-state index in [1.165, 1.54) is 0 Å². The van der Waals surface area contributed by atoms with E-state index in [1.54, 1.807) is 0 Å². The molecule has 0 aromatic carbocycles. The predicted molar refractivity (Wildman–Crippen MR) is 37.3 cm³/mol. The molecule has 4 atom stereocenters. The lowest BCUT2D eigenvalue weighted by Crippen LogP contribution is -2.51. The SMILES string of the molecule is OC[C@]12CCOC(C1O)[C@H](O)O2. The molecular formula is C7H12O5. The Morgan fingerprint density at radius 1 is 1.42 bits per heavy atom. The van der Waals surface area contributed by atoms with Crippen molar-refractivity contribution in [3.05, 3.63) is 0 Å². The number of fused-ring (bicyclic) bond motifs is 2. The van der Waals surface area contributed by atoms with Crippen molar-refractivity contribution in [2.24, 2.45) is 0 Å². The second-order valence-corrected chi connectivity index (χ2v) is 3.26. The molecule has 5 heteroatoms. The van der Waals surface area contributed by atoms with Crippen molar-refractivity contribution >= 4 is 0 Å². The number of rotatable bonds is 1. The molecule has 0 aromatic heterocycles. The number of aliphatic hydroxyl groups excluding tert-OH is 3. The van der Waals surface area contributed by atoms with Crippen LogP contribution < -0.4 is 0 Å². The summed E-state index contributed by atoms with van der Waals surface area (Å²) in [4.78, 5) is 0. The summed E-state index contributed by atoms with van der Waals surface area (Å²) in [6, 6.07) is 0. The Hall–Kier alpha value is -0.200. The first-order valence-electron chi connectivity index (χ1n) is 3.96. The molecule has 0 spiro atoms. The largest absolute Gasteiger partial charge is 0.393 e. The molecule has 2 unspecified atom stereocenters. The fourth-order valence-electron chi connectivity index (χ4n) is 1.79. The second-order valence-electron chi connectivity index (χ2n) is 3.26. The molecule has 0 aromatic rings.